The molecule has 1 unspecified atom stereocenters. The Labute approximate surface area is 205 Å². The predicted molar refractivity (Wildman–Crippen MR) is 127 cm³/mol. The Balaban J connectivity index is 2.09. The number of benzene rings is 2. The largest absolute Gasteiger partial charge is 0.504 e. The number of phenols is 1. The molecule has 180 valence electrons. The smallest absolute Gasteiger partial charge is 0.323 e. The van der Waals surface area contributed by atoms with Gasteiger partial charge in [0.2, 0.25) is 10.0 Å². The quantitative estimate of drug-likeness (QED) is 0.196. The van der Waals surface area contributed by atoms with Crippen LogP contribution in [-0.2, 0) is 14.8 Å². The number of carbonyl (C=O) groups is 2. The maximum Gasteiger partial charge on any atom is 0.323 e. The van der Waals surface area contributed by atoms with E-state index < -0.39 is 38.7 Å². The summed E-state index contributed by atoms with van der Waals surface area (Å²) in [5, 5.41) is 24.0. The summed E-state index contributed by atoms with van der Waals surface area (Å²) in [7, 11) is -4.26. The van der Waals surface area contributed by atoms with Crippen molar-refractivity contribution in [3.05, 3.63) is 45.4 Å². The fourth-order valence-corrected chi connectivity index (χ4v) is 4.72. The number of rotatable bonds is 10. The van der Waals surface area contributed by atoms with E-state index in [4.69, 9.17) is 45.6 Å². The first-order chi connectivity index (χ1) is 15.4. The van der Waals surface area contributed by atoms with Gasteiger partial charge in [-0.05, 0) is 37.1 Å². The van der Waals surface area contributed by atoms with Crippen molar-refractivity contribution in [2.75, 3.05) is 17.2 Å². The van der Waals surface area contributed by atoms with Crippen molar-refractivity contribution >= 4 is 68.2 Å². The zero-order valence-electron chi connectivity index (χ0n) is 16.9. The molecular formula is C19H21Cl3N4O6S. The molecule has 2 aromatic rings. The van der Waals surface area contributed by atoms with Crippen LogP contribution in [0.1, 0.15) is 19.3 Å². The maximum atomic E-state index is 12.7. The highest BCUT2D eigenvalue weighted by molar-refractivity contribution is 7.89. The summed E-state index contributed by atoms with van der Waals surface area (Å²) in [5.41, 5.74) is 5.38. The van der Waals surface area contributed by atoms with Crippen LogP contribution in [0.2, 0.25) is 15.1 Å². The van der Waals surface area contributed by atoms with Crippen molar-refractivity contribution < 1.29 is 28.2 Å². The van der Waals surface area contributed by atoms with Gasteiger partial charge in [-0.1, -0.05) is 47.3 Å². The van der Waals surface area contributed by atoms with Crippen LogP contribution in [-0.4, -0.2) is 43.2 Å². The molecule has 0 aliphatic heterocycles. The molecule has 2 rings (SSSR count). The molecule has 1 atom stereocenters. The van der Waals surface area contributed by atoms with E-state index in [9.17, 15) is 23.1 Å². The topological polar surface area (TPSA) is 171 Å². The Morgan fingerprint density at radius 2 is 1.67 bits per heavy atom. The molecule has 0 radical (unpaired) electrons. The molecule has 0 bridgehead atoms. The van der Waals surface area contributed by atoms with E-state index in [1.807, 2.05) is 0 Å². The highest BCUT2D eigenvalue weighted by Crippen LogP contribution is 2.37. The van der Waals surface area contributed by atoms with Crippen molar-refractivity contribution in [3.8, 4) is 5.75 Å². The predicted octanol–water partition coefficient (Wildman–Crippen LogP) is 3.86. The molecule has 2 aromatic carbocycles. The second-order valence-electron chi connectivity index (χ2n) is 6.79. The van der Waals surface area contributed by atoms with E-state index >= 15 is 0 Å². The van der Waals surface area contributed by atoms with E-state index in [0.29, 0.717) is 12.8 Å². The first-order valence-electron chi connectivity index (χ1n) is 9.45. The van der Waals surface area contributed by atoms with Gasteiger partial charge in [-0.15, -0.1) is 0 Å². The van der Waals surface area contributed by atoms with Gasteiger partial charge >= 0.3 is 12.0 Å². The number of carbonyl (C=O) groups excluding carboxylic acids is 1. The molecule has 0 saturated carbocycles. The van der Waals surface area contributed by atoms with Crippen molar-refractivity contribution in [3.63, 3.8) is 0 Å². The number of hydrogen-bond acceptors (Lipinski definition) is 6. The third-order valence-electron chi connectivity index (χ3n) is 4.35. The van der Waals surface area contributed by atoms with Crippen molar-refractivity contribution in [2.45, 2.75) is 30.2 Å². The maximum absolute atomic E-state index is 12.7. The van der Waals surface area contributed by atoms with Crippen molar-refractivity contribution in [2.24, 2.45) is 5.73 Å². The first-order valence-corrected chi connectivity index (χ1v) is 12.1. The van der Waals surface area contributed by atoms with Gasteiger partial charge in [-0.2, -0.15) is 0 Å². The van der Waals surface area contributed by atoms with E-state index in [1.54, 1.807) is 6.07 Å². The van der Waals surface area contributed by atoms with E-state index in [-0.39, 0.29) is 39.4 Å². The van der Waals surface area contributed by atoms with Crippen LogP contribution in [0.15, 0.2) is 35.2 Å². The molecule has 2 amide bonds. The monoisotopic (exact) mass is 538 g/mol. The number of phenolic OH excluding ortho intramolecular Hbond substituents is 1. The highest BCUT2D eigenvalue weighted by atomic mass is 35.5. The normalized spacial score (nSPS) is 12.2. The lowest BCUT2D eigenvalue weighted by atomic mass is 10.1. The van der Waals surface area contributed by atoms with Crippen molar-refractivity contribution in [1.29, 1.82) is 0 Å². The van der Waals surface area contributed by atoms with Gasteiger partial charge in [-0.25, -0.2) is 17.9 Å². The summed E-state index contributed by atoms with van der Waals surface area (Å²) in [6, 6.07) is 5.17. The number of nitrogens with one attached hydrogen (secondary N) is 3. The zero-order chi connectivity index (χ0) is 24.8. The van der Waals surface area contributed by atoms with Crippen molar-refractivity contribution in [1.82, 2.24) is 4.72 Å². The summed E-state index contributed by atoms with van der Waals surface area (Å²) in [5.74, 6) is -1.91. The second kappa shape index (κ2) is 11.7. The fourth-order valence-electron chi connectivity index (χ4n) is 2.67. The number of carboxylic acids is 1. The number of urea groups is 1. The minimum absolute atomic E-state index is 0.0458. The SMILES string of the molecule is NC(CCCCNS(=O)(=O)c1c(Cl)ccc(NC(=O)Nc2cccc(Cl)c2Cl)c1O)C(=O)O. The Bertz CT molecular complexity index is 1150. The first kappa shape index (κ1) is 27.0. The summed E-state index contributed by atoms with van der Waals surface area (Å²) in [4.78, 5) is 22.4. The number of halogens is 3. The number of aliphatic carboxylic acids is 1. The molecule has 0 aromatic heterocycles. The van der Waals surface area contributed by atoms with Crippen LogP contribution in [0.3, 0.4) is 0 Å². The lowest BCUT2D eigenvalue weighted by molar-refractivity contribution is -0.138. The summed E-state index contributed by atoms with van der Waals surface area (Å²) < 4.78 is 27.6. The van der Waals surface area contributed by atoms with E-state index in [2.05, 4.69) is 15.4 Å². The number of carboxylic acid groups (broad SMARTS) is 1. The Kier molecular flexibility index (Phi) is 9.58. The molecule has 0 saturated heterocycles. The van der Waals surface area contributed by atoms with E-state index in [1.165, 1.54) is 24.3 Å². The minimum Gasteiger partial charge on any atom is -0.504 e. The molecule has 14 heteroatoms. The van der Waals surface area contributed by atoms with Gasteiger partial charge in [-0.3, -0.25) is 4.79 Å². The molecule has 10 nitrogen and oxygen atoms in total. The van der Waals surface area contributed by atoms with Gasteiger partial charge in [0, 0.05) is 6.54 Å². The average Bonchev–Trinajstić information content (AvgIpc) is 2.73. The standard InChI is InChI=1S/C19H21Cl3N4O6S/c20-10-4-3-6-13(15(10)22)25-19(30)26-14-8-7-11(21)17(16(14)27)33(31,32)24-9-2-1-5-12(23)18(28)29/h3-4,6-8,12,24,27H,1-2,5,9,23H2,(H,28,29)(H2,25,26,30). The second-order valence-corrected chi connectivity index (χ2v) is 9.69. The van der Waals surface area contributed by atoms with Gasteiger partial charge < -0.3 is 26.6 Å². The van der Waals surface area contributed by atoms with Gasteiger partial charge in [0.15, 0.2) is 5.75 Å². The molecule has 0 aliphatic carbocycles. The Morgan fingerprint density at radius 3 is 2.33 bits per heavy atom. The van der Waals surface area contributed by atoms with Crippen LogP contribution in [0.4, 0.5) is 16.2 Å². The number of amides is 2. The summed E-state index contributed by atoms with van der Waals surface area (Å²) >= 11 is 17.9. The number of aromatic hydroxyl groups is 1. The number of anilines is 2. The molecule has 0 aliphatic rings. The number of nitrogens with two attached hydrogens (primary N) is 1. The third-order valence-corrected chi connectivity index (χ3v) is 7.13. The lowest BCUT2D eigenvalue weighted by Gasteiger charge is -2.15. The van der Waals surface area contributed by atoms with E-state index in [0.717, 1.165) is 0 Å². The Morgan fingerprint density at radius 1 is 1.00 bits per heavy atom. The molecule has 0 heterocycles. The summed E-state index contributed by atoms with van der Waals surface area (Å²) in [6.07, 6.45) is 0.844. The van der Waals surface area contributed by atoms with Crippen LogP contribution in [0.5, 0.6) is 5.75 Å². The number of hydrogen-bond donors (Lipinski definition) is 6. The highest BCUT2D eigenvalue weighted by Gasteiger charge is 2.25. The number of unbranched alkanes of at least 4 members (excludes halogenated alkanes) is 1. The summed E-state index contributed by atoms with van der Waals surface area (Å²) in [6.45, 7) is -0.0458. The molecular weight excluding hydrogens is 519 g/mol. The van der Waals surface area contributed by atoms with Gasteiger partial charge in [0.25, 0.3) is 0 Å². The van der Waals surface area contributed by atoms with Gasteiger partial charge in [0.05, 0.1) is 26.4 Å². The van der Waals surface area contributed by atoms with Crippen LogP contribution in [0.25, 0.3) is 0 Å². The molecule has 33 heavy (non-hydrogen) atoms. The van der Waals surface area contributed by atoms with Crippen LogP contribution in [0, 0.1) is 0 Å². The fraction of sp³-hybridized carbons (Fsp3) is 0.263. The Hall–Kier alpha value is -2.28. The van der Waals surface area contributed by atoms with Crippen LogP contribution >= 0.6 is 34.8 Å². The minimum atomic E-state index is -4.26. The van der Waals surface area contributed by atoms with Crippen LogP contribution < -0.4 is 21.1 Å². The third kappa shape index (κ3) is 7.36. The molecule has 0 spiro atoms. The zero-order valence-corrected chi connectivity index (χ0v) is 20.0. The lowest BCUT2D eigenvalue weighted by Crippen LogP contribution is -2.30. The van der Waals surface area contributed by atoms with Gasteiger partial charge in [0.1, 0.15) is 10.9 Å². The molecule has 0 fully saturated rings. The number of sulfonamides is 1. The molecule has 7 N–H and O–H groups in total. The average molecular weight is 540 g/mol.